The van der Waals surface area contributed by atoms with Crippen molar-refractivity contribution in [1.82, 2.24) is 9.55 Å². The van der Waals surface area contributed by atoms with E-state index in [1.165, 1.54) is 60.4 Å². The van der Waals surface area contributed by atoms with Gasteiger partial charge in [-0.05, 0) is 144 Å². The maximum Gasteiger partial charge on any atom is 0.137 e. The van der Waals surface area contributed by atoms with Crippen LogP contribution in [-0.2, 0) is 6.42 Å². The van der Waals surface area contributed by atoms with Gasteiger partial charge in [0.25, 0.3) is 0 Å². The lowest BCUT2D eigenvalue weighted by Gasteiger charge is -2.30. The number of fused-ring (bicyclic) bond motifs is 4. The maximum absolute atomic E-state index is 15.4. The molecule has 7 heteroatoms. The lowest BCUT2D eigenvalue weighted by molar-refractivity contribution is 0.480. The summed E-state index contributed by atoms with van der Waals surface area (Å²) in [4.78, 5) is 9.72. The Morgan fingerprint density at radius 1 is 0.646 bits per heavy atom. The summed E-state index contributed by atoms with van der Waals surface area (Å²) in [6.07, 6.45) is 11.3. The summed E-state index contributed by atoms with van der Waals surface area (Å²) in [6, 6.07) is 43.0. The van der Waals surface area contributed by atoms with Crippen LogP contribution in [0.2, 0.25) is 0 Å². The first-order valence-corrected chi connectivity index (χ1v) is 23.7. The summed E-state index contributed by atoms with van der Waals surface area (Å²) in [5.41, 5.74) is 11.8. The molecule has 1 aliphatic heterocycles. The second-order valence-electron chi connectivity index (χ2n) is 18.8. The molecular weight excluding hydrogens is 807 g/mol. The average molecular weight is 865 g/mol. The Hall–Kier alpha value is -6.47. The number of aryl methyl sites for hydroxylation is 1. The Morgan fingerprint density at radius 2 is 1.32 bits per heavy atom. The van der Waals surface area contributed by atoms with Crippen molar-refractivity contribution < 1.29 is 13.5 Å². The molecule has 0 bridgehead atoms. The molecule has 1 fully saturated rings. The maximum atomic E-state index is 15.4. The molecule has 2 aromatic heterocycles. The van der Waals surface area contributed by atoms with E-state index in [9.17, 15) is 0 Å². The molecule has 8 aromatic rings. The van der Waals surface area contributed by atoms with Crippen molar-refractivity contribution in [2.24, 2.45) is 0 Å². The third kappa shape index (κ3) is 8.04. The normalized spacial score (nSPS) is 14.5. The highest BCUT2D eigenvalue weighted by Crippen LogP contribution is 2.51. The van der Waals surface area contributed by atoms with Crippen LogP contribution in [0.25, 0.3) is 38.8 Å². The second-order valence-corrected chi connectivity index (χ2v) is 18.8. The summed E-state index contributed by atoms with van der Waals surface area (Å²) in [5.74, 6) is 1.99. The van der Waals surface area contributed by atoms with Crippen molar-refractivity contribution in [3.05, 3.63) is 167 Å². The average Bonchev–Trinajstić information content (AvgIpc) is 3.71. The molecule has 0 spiro atoms. The van der Waals surface area contributed by atoms with Gasteiger partial charge in [-0.2, -0.15) is 0 Å². The van der Waals surface area contributed by atoms with E-state index in [1.807, 2.05) is 18.3 Å². The van der Waals surface area contributed by atoms with Crippen molar-refractivity contribution >= 4 is 44.6 Å². The number of benzene rings is 6. The van der Waals surface area contributed by atoms with Gasteiger partial charge >= 0.3 is 0 Å². The summed E-state index contributed by atoms with van der Waals surface area (Å²) in [7, 11) is 0. The summed E-state index contributed by atoms with van der Waals surface area (Å²) in [6.45, 7) is 11.4. The number of anilines is 4. The molecule has 5 nitrogen and oxygen atoms in total. The molecule has 0 amide bonds. The van der Waals surface area contributed by atoms with Crippen LogP contribution in [0.1, 0.15) is 120 Å². The summed E-state index contributed by atoms with van der Waals surface area (Å²) < 4.78 is 40.0. The fourth-order valence-electron chi connectivity index (χ4n) is 10.5. The Bertz CT molecular complexity index is 2980. The van der Waals surface area contributed by atoms with Crippen molar-refractivity contribution in [3.8, 4) is 28.4 Å². The minimum absolute atomic E-state index is 0.0209. The van der Waals surface area contributed by atoms with Crippen LogP contribution in [0.3, 0.4) is 0 Å². The molecule has 65 heavy (non-hydrogen) atoms. The van der Waals surface area contributed by atoms with Gasteiger partial charge in [0, 0.05) is 40.5 Å². The van der Waals surface area contributed by atoms with Gasteiger partial charge in [-0.3, -0.25) is 4.57 Å². The highest BCUT2D eigenvalue weighted by atomic mass is 19.1. The van der Waals surface area contributed by atoms with Crippen LogP contribution in [-0.4, -0.2) is 16.2 Å². The highest BCUT2D eigenvalue weighted by molar-refractivity contribution is 6.09. The predicted molar refractivity (Wildman–Crippen MR) is 265 cm³/mol. The molecule has 330 valence electrons. The molecule has 1 aliphatic carbocycles. The first-order chi connectivity index (χ1) is 31.7. The van der Waals surface area contributed by atoms with Gasteiger partial charge in [-0.1, -0.05) is 103 Å². The van der Waals surface area contributed by atoms with Crippen molar-refractivity contribution in [2.75, 3.05) is 16.5 Å². The number of halogens is 2. The van der Waals surface area contributed by atoms with Crippen LogP contribution in [0, 0.1) is 11.6 Å². The van der Waals surface area contributed by atoms with E-state index in [-0.39, 0.29) is 17.4 Å². The van der Waals surface area contributed by atoms with Gasteiger partial charge < -0.3 is 14.5 Å². The van der Waals surface area contributed by atoms with Gasteiger partial charge in [-0.15, -0.1) is 0 Å². The minimum Gasteiger partial charge on any atom is -0.457 e. The molecule has 6 aromatic carbocycles. The molecule has 10 rings (SSSR count). The molecule has 3 heterocycles. The van der Waals surface area contributed by atoms with E-state index in [2.05, 4.69) is 146 Å². The van der Waals surface area contributed by atoms with Gasteiger partial charge in [-0.25, -0.2) is 13.8 Å². The molecule has 0 saturated heterocycles. The molecule has 0 N–H and O–H groups in total. The first kappa shape index (κ1) is 42.5. The zero-order valence-electron chi connectivity index (χ0n) is 38.3. The lowest BCUT2D eigenvalue weighted by Crippen LogP contribution is -2.26. The quantitative estimate of drug-likeness (QED) is 0.121. The standard InChI is InChI=1S/C58H58F2N4O/c1-6-16-39-27-28-61-56(29-39)64-52-22-12-11-19-46(52)47-26-25-44(35-55(47)64)65-45-31-41(40-17-9-7-8-10-18-40)30-43(34-45)62-36-63(54-24-14-13-23-53(54)62)58-48(37(2)3)32-42(33-49(58)38(4)5)57-50(59)20-15-21-51(57)60/h11-15,19-35,37-38,40H,6-10,16-18,36H2,1-5H3. The van der Waals surface area contributed by atoms with E-state index in [0.717, 1.165) is 93.3 Å². The van der Waals surface area contributed by atoms with Gasteiger partial charge in [0.15, 0.2) is 0 Å². The number of nitrogens with zero attached hydrogens (tertiary/aromatic N) is 4. The molecule has 0 unspecified atom stereocenters. The number of ether oxygens (including phenoxy) is 1. The Balaban J connectivity index is 1.08. The molecule has 2 aliphatic rings. The Morgan fingerprint density at radius 3 is 2.03 bits per heavy atom. The lowest BCUT2D eigenvalue weighted by atomic mass is 9.87. The summed E-state index contributed by atoms with van der Waals surface area (Å²) in [5, 5.41) is 2.34. The predicted octanol–water partition coefficient (Wildman–Crippen LogP) is 16.8. The van der Waals surface area contributed by atoms with E-state index in [4.69, 9.17) is 9.72 Å². The Labute approximate surface area is 382 Å². The van der Waals surface area contributed by atoms with E-state index in [0.29, 0.717) is 18.2 Å². The summed E-state index contributed by atoms with van der Waals surface area (Å²) >= 11 is 0. The minimum atomic E-state index is -0.553. The van der Waals surface area contributed by atoms with Crippen LogP contribution in [0.15, 0.2) is 134 Å². The molecule has 0 radical (unpaired) electrons. The third-order valence-corrected chi connectivity index (χ3v) is 13.7. The first-order valence-electron chi connectivity index (χ1n) is 23.7. The van der Waals surface area contributed by atoms with Crippen LogP contribution in [0.4, 0.5) is 31.5 Å². The Kier molecular flexibility index (Phi) is 11.7. The zero-order valence-corrected chi connectivity index (χ0v) is 38.3. The van der Waals surface area contributed by atoms with Crippen molar-refractivity contribution in [1.29, 1.82) is 0 Å². The van der Waals surface area contributed by atoms with Crippen molar-refractivity contribution in [3.63, 3.8) is 0 Å². The van der Waals surface area contributed by atoms with E-state index in [1.54, 1.807) is 0 Å². The third-order valence-electron chi connectivity index (χ3n) is 13.7. The SMILES string of the molecule is CCCc1ccnc(-n2c3ccccc3c3ccc(Oc4cc(C5CCCCCC5)cc(N5CN(c6c(C(C)C)cc(-c7c(F)cccc7F)cc6C(C)C)c6ccccc65)c4)cc32)c1. The monoisotopic (exact) mass is 864 g/mol. The molecule has 0 atom stereocenters. The van der Waals surface area contributed by atoms with Gasteiger partial charge in [0.05, 0.1) is 28.0 Å². The zero-order chi connectivity index (χ0) is 44.8. The number of para-hydroxylation sites is 3. The largest absolute Gasteiger partial charge is 0.457 e. The fourth-order valence-corrected chi connectivity index (χ4v) is 10.5. The topological polar surface area (TPSA) is 33.5 Å². The van der Waals surface area contributed by atoms with E-state index >= 15 is 8.78 Å². The second kappa shape index (κ2) is 17.8. The molecule has 1 saturated carbocycles. The number of hydrogen-bond donors (Lipinski definition) is 0. The molecular formula is C58H58F2N4O. The van der Waals surface area contributed by atoms with Gasteiger partial charge in [0.2, 0.25) is 0 Å². The smallest absolute Gasteiger partial charge is 0.137 e. The number of aromatic nitrogens is 2. The van der Waals surface area contributed by atoms with Crippen LogP contribution >= 0.6 is 0 Å². The van der Waals surface area contributed by atoms with Crippen molar-refractivity contribution in [2.45, 2.75) is 104 Å². The van der Waals surface area contributed by atoms with Gasteiger partial charge in [0.1, 0.15) is 35.6 Å². The number of hydrogen-bond acceptors (Lipinski definition) is 4. The fraction of sp³-hybridized carbons (Fsp3) is 0.293. The van der Waals surface area contributed by atoms with E-state index < -0.39 is 11.6 Å². The number of pyridine rings is 1. The number of rotatable bonds is 11. The van der Waals surface area contributed by atoms with Crippen LogP contribution < -0.4 is 14.5 Å². The highest BCUT2D eigenvalue weighted by Gasteiger charge is 2.33. The van der Waals surface area contributed by atoms with Crippen LogP contribution in [0.5, 0.6) is 11.5 Å².